The largest absolute Gasteiger partial charge is 0.253 e. The van der Waals surface area contributed by atoms with Crippen LogP contribution in [0.4, 0.5) is 5.13 Å². The summed E-state index contributed by atoms with van der Waals surface area (Å²) in [5, 5.41) is 6.70. The van der Waals surface area contributed by atoms with Crippen LogP contribution in [0.5, 0.6) is 0 Å². The van der Waals surface area contributed by atoms with Crippen molar-refractivity contribution >= 4 is 32.7 Å². The summed E-state index contributed by atoms with van der Waals surface area (Å²) in [6, 6.07) is 14.8. The van der Waals surface area contributed by atoms with E-state index in [1.54, 1.807) is 24.4 Å². The molecular formula is C19H20N4O2S2. The predicted octanol–water partition coefficient (Wildman–Crippen LogP) is 3.81. The molecule has 0 atom stereocenters. The van der Waals surface area contributed by atoms with Crippen LogP contribution in [0.1, 0.15) is 11.1 Å². The van der Waals surface area contributed by atoms with Crippen molar-refractivity contribution in [2.75, 3.05) is 19.5 Å². The number of hydrogen-bond acceptors (Lipinski definition) is 6. The summed E-state index contributed by atoms with van der Waals surface area (Å²) >= 11 is 1.41. The zero-order chi connectivity index (χ0) is 19.4. The van der Waals surface area contributed by atoms with Gasteiger partial charge in [-0.3, -0.25) is 5.43 Å². The number of hydrazone groups is 1. The van der Waals surface area contributed by atoms with E-state index in [1.165, 1.54) is 35.3 Å². The Bertz CT molecular complexity index is 1060. The number of sulfonamides is 1. The molecule has 0 saturated heterocycles. The smallest absolute Gasteiger partial charge is 0.242 e. The summed E-state index contributed by atoms with van der Waals surface area (Å²) in [5.41, 5.74) is 6.54. The molecule has 1 aromatic heterocycles. The Balaban J connectivity index is 1.75. The number of rotatable bonds is 6. The lowest BCUT2D eigenvalue weighted by atomic mass is 10.2. The first-order chi connectivity index (χ1) is 12.9. The van der Waals surface area contributed by atoms with Gasteiger partial charge in [0.05, 0.1) is 16.8 Å². The van der Waals surface area contributed by atoms with Crippen molar-refractivity contribution in [1.29, 1.82) is 0 Å². The number of anilines is 1. The van der Waals surface area contributed by atoms with E-state index in [0.29, 0.717) is 10.8 Å². The van der Waals surface area contributed by atoms with Gasteiger partial charge in [0, 0.05) is 25.0 Å². The highest BCUT2D eigenvalue weighted by Gasteiger charge is 2.18. The van der Waals surface area contributed by atoms with Crippen molar-refractivity contribution in [2.24, 2.45) is 5.10 Å². The molecule has 3 rings (SSSR count). The first-order valence-electron chi connectivity index (χ1n) is 8.20. The van der Waals surface area contributed by atoms with Gasteiger partial charge in [0.2, 0.25) is 15.2 Å². The van der Waals surface area contributed by atoms with Crippen LogP contribution in [0.3, 0.4) is 0 Å². The Morgan fingerprint density at radius 1 is 1.15 bits per heavy atom. The van der Waals surface area contributed by atoms with Crippen molar-refractivity contribution in [3.63, 3.8) is 0 Å². The van der Waals surface area contributed by atoms with Gasteiger partial charge in [-0.25, -0.2) is 17.7 Å². The Morgan fingerprint density at radius 3 is 2.59 bits per heavy atom. The normalized spacial score (nSPS) is 12.0. The molecule has 27 heavy (non-hydrogen) atoms. The highest BCUT2D eigenvalue weighted by atomic mass is 32.2. The zero-order valence-electron chi connectivity index (χ0n) is 15.2. The third-order valence-corrected chi connectivity index (χ3v) is 6.42. The molecule has 0 spiro atoms. The van der Waals surface area contributed by atoms with Crippen molar-refractivity contribution in [3.05, 3.63) is 65.0 Å². The molecule has 0 bridgehead atoms. The molecule has 140 valence electrons. The first kappa shape index (κ1) is 19.2. The molecule has 0 fully saturated rings. The van der Waals surface area contributed by atoms with E-state index in [9.17, 15) is 8.42 Å². The van der Waals surface area contributed by atoms with Crippen LogP contribution in [0.25, 0.3) is 11.3 Å². The van der Waals surface area contributed by atoms with Gasteiger partial charge in [0.1, 0.15) is 0 Å². The Hall–Kier alpha value is -2.55. The summed E-state index contributed by atoms with van der Waals surface area (Å²) in [4.78, 5) is 4.72. The van der Waals surface area contributed by atoms with E-state index >= 15 is 0 Å². The SMILES string of the molecule is Cc1ccc(C=NNc2nc(-c3cccc(S(=O)(=O)N(C)C)c3)cs2)cc1. The molecule has 0 aliphatic heterocycles. The maximum absolute atomic E-state index is 12.3. The molecular weight excluding hydrogens is 380 g/mol. The number of hydrogen-bond donors (Lipinski definition) is 1. The number of thiazole rings is 1. The minimum atomic E-state index is -3.48. The van der Waals surface area contributed by atoms with Gasteiger partial charge in [-0.2, -0.15) is 5.10 Å². The second kappa shape index (κ2) is 7.99. The standard InChI is InChI=1S/C19H20N4O2S2/c1-14-7-9-15(10-8-14)12-20-22-19-21-18(13-26-19)16-5-4-6-17(11-16)27(24,25)23(2)3/h4-13H,1-3H3,(H,21,22). The molecule has 2 aromatic carbocycles. The van der Waals surface area contributed by atoms with Crippen molar-refractivity contribution in [2.45, 2.75) is 11.8 Å². The third-order valence-electron chi connectivity index (χ3n) is 3.86. The topological polar surface area (TPSA) is 74.7 Å². The summed E-state index contributed by atoms with van der Waals surface area (Å²) in [7, 11) is -0.453. The van der Waals surface area contributed by atoms with Crippen LogP contribution in [0.2, 0.25) is 0 Å². The van der Waals surface area contributed by atoms with Crippen LogP contribution < -0.4 is 5.43 Å². The number of benzene rings is 2. The van der Waals surface area contributed by atoms with E-state index in [-0.39, 0.29) is 4.90 Å². The van der Waals surface area contributed by atoms with Gasteiger partial charge in [-0.1, -0.05) is 42.0 Å². The van der Waals surface area contributed by atoms with E-state index in [0.717, 1.165) is 11.1 Å². The molecule has 0 aliphatic rings. The zero-order valence-corrected chi connectivity index (χ0v) is 16.9. The monoisotopic (exact) mass is 400 g/mol. The fourth-order valence-corrected chi connectivity index (χ4v) is 3.92. The van der Waals surface area contributed by atoms with Crippen LogP contribution >= 0.6 is 11.3 Å². The summed E-state index contributed by atoms with van der Waals surface area (Å²) in [6.45, 7) is 2.04. The maximum atomic E-state index is 12.3. The number of nitrogens with one attached hydrogen (secondary N) is 1. The maximum Gasteiger partial charge on any atom is 0.242 e. The molecule has 0 saturated carbocycles. The molecule has 3 aromatic rings. The Morgan fingerprint density at radius 2 is 1.89 bits per heavy atom. The lowest BCUT2D eigenvalue weighted by Crippen LogP contribution is -2.22. The summed E-state index contributed by atoms with van der Waals surface area (Å²) in [6.07, 6.45) is 1.73. The average molecular weight is 401 g/mol. The van der Waals surface area contributed by atoms with Gasteiger partial charge in [0.15, 0.2) is 0 Å². The van der Waals surface area contributed by atoms with Gasteiger partial charge < -0.3 is 0 Å². The van der Waals surface area contributed by atoms with Crippen LogP contribution in [0, 0.1) is 6.92 Å². The quantitative estimate of drug-likeness (QED) is 0.504. The highest BCUT2D eigenvalue weighted by Crippen LogP contribution is 2.27. The molecule has 0 amide bonds. The molecule has 0 unspecified atom stereocenters. The Kier molecular flexibility index (Phi) is 5.69. The van der Waals surface area contributed by atoms with Crippen molar-refractivity contribution in [3.8, 4) is 11.3 Å². The fraction of sp³-hybridized carbons (Fsp3) is 0.158. The minimum absolute atomic E-state index is 0.241. The lowest BCUT2D eigenvalue weighted by molar-refractivity contribution is 0.521. The fourth-order valence-electron chi connectivity index (χ4n) is 2.30. The molecule has 1 heterocycles. The Labute approximate surface area is 163 Å². The minimum Gasteiger partial charge on any atom is -0.253 e. The molecule has 6 nitrogen and oxygen atoms in total. The third kappa shape index (κ3) is 4.60. The van der Waals surface area contributed by atoms with E-state index in [1.807, 2.05) is 42.6 Å². The lowest BCUT2D eigenvalue weighted by Gasteiger charge is -2.11. The van der Waals surface area contributed by atoms with Gasteiger partial charge in [-0.15, -0.1) is 11.3 Å². The summed E-state index contributed by atoms with van der Waals surface area (Å²) in [5.74, 6) is 0. The molecule has 0 aliphatic carbocycles. The van der Waals surface area contributed by atoms with Gasteiger partial charge in [0.25, 0.3) is 0 Å². The molecule has 1 N–H and O–H groups in total. The summed E-state index contributed by atoms with van der Waals surface area (Å²) < 4.78 is 25.8. The number of aromatic nitrogens is 1. The predicted molar refractivity (Wildman–Crippen MR) is 111 cm³/mol. The van der Waals surface area contributed by atoms with Crippen molar-refractivity contribution < 1.29 is 8.42 Å². The van der Waals surface area contributed by atoms with Gasteiger partial charge in [-0.05, 0) is 24.6 Å². The van der Waals surface area contributed by atoms with Crippen molar-refractivity contribution in [1.82, 2.24) is 9.29 Å². The van der Waals surface area contributed by atoms with E-state index in [2.05, 4.69) is 15.5 Å². The molecule has 0 radical (unpaired) electrons. The average Bonchev–Trinajstić information content (AvgIpc) is 3.12. The first-order valence-corrected chi connectivity index (χ1v) is 10.5. The second-order valence-corrected chi connectivity index (χ2v) is 9.14. The number of nitrogens with zero attached hydrogens (tertiary/aromatic N) is 3. The molecule has 8 heteroatoms. The number of aryl methyl sites for hydroxylation is 1. The van der Waals surface area contributed by atoms with E-state index in [4.69, 9.17) is 0 Å². The van der Waals surface area contributed by atoms with Crippen LogP contribution in [-0.4, -0.2) is 38.0 Å². The van der Waals surface area contributed by atoms with Crippen LogP contribution in [-0.2, 0) is 10.0 Å². The van der Waals surface area contributed by atoms with E-state index < -0.39 is 10.0 Å². The van der Waals surface area contributed by atoms with Crippen LogP contribution in [0.15, 0.2) is 63.9 Å². The second-order valence-electron chi connectivity index (χ2n) is 6.13. The highest BCUT2D eigenvalue weighted by molar-refractivity contribution is 7.89. The van der Waals surface area contributed by atoms with Gasteiger partial charge >= 0.3 is 0 Å².